The van der Waals surface area contributed by atoms with E-state index in [1.54, 1.807) is 30.3 Å². The number of carbonyl (C=O) groups excluding carboxylic acids is 4. The van der Waals surface area contributed by atoms with Crippen molar-refractivity contribution >= 4 is 57.2 Å². The van der Waals surface area contributed by atoms with Gasteiger partial charge in [0.25, 0.3) is 17.5 Å². The van der Waals surface area contributed by atoms with Crippen molar-refractivity contribution < 1.29 is 28.8 Å². The van der Waals surface area contributed by atoms with Gasteiger partial charge in [-0.15, -0.1) is 0 Å². The molecule has 3 aromatic rings. The second-order valence-electron chi connectivity index (χ2n) is 7.67. The highest BCUT2D eigenvalue weighted by Crippen LogP contribution is 2.29. The number of barbiturate groups is 1. The van der Waals surface area contributed by atoms with Crippen LogP contribution in [0.3, 0.4) is 0 Å². The van der Waals surface area contributed by atoms with Crippen molar-refractivity contribution in [3.8, 4) is 5.75 Å². The number of aryl methyl sites for hydroxylation is 1. The molecule has 1 fully saturated rings. The molecule has 0 unspecified atom stereocenters. The van der Waals surface area contributed by atoms with Crippen molar-refractivity contribution in [3.05, 3.63) is 104 Å². The van der Waals surface area contributed by atoms with Crippen molar-refractivity contribution in [3.63, 3.8) is 0 Å². The number of nitrogens with one attached hydrogen (secondary N) is 1. The number of esters is 1. The monoisotopic (exact) mass is 549 g/mol. The van der Waals surface area contributed by atoms with Crippen LogP contribution in [0.15, 0.2) is 76.8 Å². The van der Waals surface area contributed by atoms with Crippen molar-refractivity contribution in [1.82, 2.24) is 5.32 Å². The minimum Gasteiger partial charge on any atom is -0.422 e. The van der Waals surface area contributed by atoms with Crippen LogP contribution in [0.4, 0.5) is 16.2 Å². The highest BCUT2D eigenvalue weighted by Gasteiger charge is 2.37. The number of nitro groups is 1. The number of benzene rings is 3. The molecule has 0 aliphatic carbocycles. The Morgan fingerprint density at radius 3 is 2.33 bits per heavy atom. The van der Waals surface area contributed by atoms with E-state index in [0.29, 0.717) is 4.47 Å². The average Bonchev–Trinajstić information content (AvgIpc) is 2.84. The molecule has 0 spiro atoms. The van der Waals surface area contributed by atoms with Gasteiger partial charge in [-0.1, -0.05) is 33.6 Å². The van der Waals surface area contributed by atoms with Gasteiger partial charge < -0.3 is 4.74 Å². The zero-order valence-corrected chi connectivity index (χ0v) is 20.1. The maximum atomic E-state index is 13.2. The average molecular weight is 550 g/mol. The third-order valence-electron chi connectivity index (χ3n) is 5.18. The molecule has 1 saturated heterocycles. The molecule has 11 heteroatoms. The number of carbonyl (C=O) groups is 4. The Hall–Kier alpha value is -4.64. The fourth-order valence-electron chi connectivity index (χ4n) is 3.34. The number of rotatable bonds is 5. The second-order valence-corrected chi connectivity index (χ2v) is 8.58. The Morgan fingerprint density at radius 2 is 1.69 bits per heavy atom. The van der Waals surface area contributed by atoms with E-state index in [2.05, 4.69) is 21.2 Å². The number of hydrogen-bond donors (Lipinski definition) is 1. The van der Waals surface area contributed by atoms with E-state index in [4.69, 9.17) is 4.74 Å². The van der Waals surface area contributed by atoms with Gasteiger partial charge in [0, 0.05) is 22.2 Å². The van der Waals surface area contributed by atoms with Gasteiger partial charge in [-0.05, 0) is 55.5 Å². The lowest BCUT2D eigenvalue weighted by molar-refractivity contribution is -0.384. The van der Waals surface area contributed by atoms with E-state index < -0.39 is 28.7 Å². The molecule has 1 aliphatic heterocycles. The Kier molecular flexibility index (Phi) is 6.75. The summed E-state index contributed by atoms with van der Waals surface area (Å²) in [4.78, 5) is 61.9. The van der Waals surface area contributed by atoms with E-state index >= 15 is 0 Å². The van der Waals surface area contributed by atoms with Crippen LogP contribution in [0.2, 0.25) is 0 Å². The Morgan fingerprint density at radius 1 is 1.03 bits per heavy atom. The smallest absolute Gasteiger partial charge is 0.343 e. The zero-order chi connectivity index (χ0) is 26.0. The molecule has 0 saturated carbocycles. The summed E-state index contributed by atoms with van der Waals surface area (Å²) in [7, 11) is 0. The Labute approximate surface area is 212 Å². The standard InChI is InChI=1S/C25H16BrN3O7/c1-14-2-7-18(8-3-14)28-23(31)20(22(30)27-25(28)33)13-16-12-17(26)6-11-21(16)36-24(32)15-4-9-19(10-5-15)29(34)35/h2-13H,1H3,(H,27,30,33)/b20-13-. The predicted octanol–water partition coefficient (Wildman–Crippen LogP) is 4.55. The molecule has 0 bridgehead atoms. The summed E-state index contributed by atoms with van der Waals surface area (Å²) in [6.45, 7) is 1.85. The molecule has 4 amide bonds. The predicted molar refractivity (Wildman–Crippen MR) is 132 cm³/mol. The summed E-state index contributed by atoms with van der Waals surface area (Å²) in [5.41, 5.74) is 0.932. The van der Waals surface area contributed by atoms with E-state index in [-0.39, 0.29) is 33.8 Å². The zero-order valence-electron chi connectivity index (χ0n) is 18.6. The lowest BCUT2D eigenvalue weighted by Crippen LogP contribution is -2.54. The van der Waals surface area contributed by atoms with E-state index in [0.717, 1.165) is 10.5 Å². The van der Waals surface area contributed by atoms with Crippen LogP contribution in [0.1, 0.15) is 21.5 Å². The fourth-order valence-corrected chi connectivity index (χ4v) is 3.72. The van der Waals surface area contributed by atoms with Gasteiger partial charge >= 0.3 is 12.0 Å². The lowest BCUT2D eigenvalue weighted by Gasteiger charge is -2.26. The lowest BCUT2D eigenvalue weighted by atomic mass is 10.1. The number of imide groups is 2. The molecular formula is C25H16BrN3O7. The normalized spacial score (nSPS) is 14.6. The molecule has 3 aromatic carbocycles. The summed E-state index contributed by atoms with van der Waals surface area (Å²) in [6, 6.07) is 15.1. The van der Waals surface area contributed by atoms with Crippen LogP contribution < -0.4 is 15.0 Å². The number of anilines is 1. The summed E-state index contributed by atoms with van der Waals surface area (Å²) in [6.07, 6.45) is 1.22. The minimum atomic E-state index is -0.902. The summed E-state index contributed by atoms with van der Waals surface area (Å²) in [5, 5.41) is 13.0. The third-order valence-corrected chi connectivity index (χ3v) is 5.68. The third kappa shape index (κ3) is 5.05. The van der Waals surface area contributed by atoms with Crippen molar-refractivity contribution in [2.75, 3.05) is 4.90 Å². The van der Waals surface area contributed by atoms with Gasteiger partial charge in [-0.25, -0.2) is 14.5 Å². The first kappa shape index (κ1) is 24.5. The summed E-state index contributed by atoms with van der Waals surface area (Å²) >= 11 is 3.31. The minimum absolute atomic E-state index is 0.0217. The number of nitrogens with zero attached hydrogens (tertiary/aromatic N) is 2. The molecule has 10 nitrogen and oxygen atoms in total. The number of halogens is 1. The maximum Gasteiger partial charge on any atom is 0.343 e. The topological polar surface area (TPSA) is 136 Å². The van der Waals surface area contributed by atoms with Gasteiger partial charge in [0.1, 0.15) is 11.3 Å². The van der Waals surface area contributed by atoms with Gasteiger partial charge in [-0.3, -0.25) is 25.0 Å². The van der Waals surface area contributed by atoms with E-state index in [1.807, 2.05) is 6.92 Å². The molecule has 1 aliphatic rings. The maximum absolute atomic E-state index is 13.2. The summed E-state index contributed by atoms with van der Waals surface area (Å²) in [5.74, 6) is -2.53. The molecule has 4 rings (SSSR count). The van der Waals surface area contributed by atoms with Crippen LogP contribution in [-0.4, -0.2) is 28.7 Å². The fraction of sp³-hybridized carbons (Fsp3) is 0.0400. The van der Waals surface area contributed by atoms with Crippen LogP contribution >= 0.6 is 15.9 Å². The molecular weight excluding hydrogens is 534 g/mol. The molecule has 1 heterocycles. The molecule has 0 radical (unpaired) electrons. The number of amides is 4. The molecule has 36 heavy (non-hydrogen) atoms. The van der Waals surface area contributed by atoms with Gasteiger partial charge in [-0.2, -0.15) is 0 Å². The number of nitro benzene ring substituents is 1. The largest absolute Gasteiger partial charge is 0.422 e. The second kappa shape index (κ2) is 9.92. The van der Waals surface area contributed by atoms with Gasteiger partial charge in [0.05, 0.1) is 16.2 Å². The van der Waals surface area contributed by atoms with Gasteiger partial charge in [0.15, 0.2) is 0 Å². The SMILES string of the molecule is Cc1ccc(N2C(=O)NC(=O)/C(=C/c3cc(Br)ccc3OC(=O)c3ccc([N+](=O)[O-])cc3)C2=O)cc1. The number of urea groups is 1. The number of non-ortho nitro benzene ring substituents is 1. The van der Waals surface area contributed by atoms with Crippen LogP contribution in [0.25, 0.3) is 6.08 Å². The van der Waals surface area contributed by atoms with E-state index in [9.17, 15) is 29.3 Å². The highest BCUT2D eigenvalue weighted by atomic mass is 79.9. The number of ether oxygens (including phenoxy) is 1. The Bertz CT molecular complexity index is 1450. The van der Waals surface area contributed by atoms with Crippen LogP contribution in [0.5, 0.6) is 5.75 Å². The van der Waals surface area contributed by atoms with Gasteiger partial charge in [0.2, 0.25) is 0 Å². The van der Waals surface area contributed by atoms with Crippen molar-refractivity contribution in [2.45, 2.75) is 6.92 Å². The van der Waals surface area contributed by atoms with Crippen molar-refractivity contribution in [1.29, 1.82) is 0 Å². The molecule has 180 valence electrons. The highest BCUT2D eigenvalue weighted by molar-refractivity contribution is 9.10. The number of hydrogen-bond acceptors (Lipinski definition) is 7. The first-order valence-electron chi connectivity index (χ1n) is 10.4. The Balaban J connectivity index is 1.67. The first-order valence-corrected chi connectivity index (χ1v) is 11.2. The van der Waals surface area contributed by atoms with Crippen LogP contribution in [0, 0.1) is 17.0 Å². The molecule has 1 N–H and O–H groups in total. The van der Waals surface area contributed by atoms with Crippen LogP contribution in [-0.2, 0) is 9.59 Å². The van der Waals surface area contributed by atoms with Crippen molar-refractivity contribution in [2.24, 2.45) is 0 Å². The quantitative estimate of drug-likeness (QED) is 0.123. The molecule has 0 atom stereocenters. The summed E-state index contributed by atoms with van der Waals surface area (Å²) < 4.78 is 6.02. The first-order chi connectivity index (χ1) is 17.1. The molecule has 0 aromatic heterocycles. The van der Waals surface area contributed by atoms with E-state index in [1.165, 1.54) is 42.5 Å².